The van der Waals surface area contributed by atoms with Crippen LogP contribution in [0.2, 0.25) is 0 Å². The van der Waals surface area contributed by atoms with Gasteiger partial charge in [0.25, 0.3) is 0 Å². The fraction of sp³-hybridized carbons (Fsp3) is 0.520. The molecule has 0 radical (unpaired) electrons. The van der Waals surface area contributed by atoms with Crippen LogP contribution in [0, 0.1) is 0 Å². The molecule has 9 heteroatoms. The first kappa shape index (κ1) is 23.3. The number of aryl methyl sites for hydroxylation is 1. The Labute approximate surface area is 203 Å². The summed E-state index contributed by atoms with van der Waals surface area (Å²) in [4.78, 5) is 21.9. The quantitative estimate of drug-likeness (QED) is 0.580. The van der Waals surface area contributed by atoms with Crippen molar-refractivity contribution in [3.8, 4) is 5.75 Å². The zero-order valence-corrected chi connectivity index (χ0v) is 20.8. The molecule has 1 amide bonds. The Bertz CT molecular complexity index is 1170. The Balaban J connectivity index is 1.59. The summed E-state index contributed by atoms with van der Waals surface area (Å²) in [7, 11) is 5.24. The summed E-state index contributed by atoms with van der Waals surface area (Å²) in [6.45, 7) is 3.19. The molecular formula is C25H32N4O4S. The van der Waals surface area contributed by atoms with Crippen molar-refractivity contribution < 1.29 is 19.4 Å². The molecule has 1 spiro atoms. The number of aromatic nitrogens is 2. The minimum atomic E-state index is -0.403. The van der Waals surface area contributed by atoms with Gasteiger partial charge in [0.1, 0.15) is 17.4 Å². The maximum atomic E-state index is 13.1. The number of amides is 1. The average Bonchev–Trinajstić information content (AvgIpc) is 3.47. The molecule has 2 aliphatic heterocycles. The van der Waals surface area contributed by atoms with Crippen LogP contribution in [0.25, 0.3) is 10.9 Å². The number of hydrogen-bond acceptors (Lipinski definition) is 7. The summed E-state index contributed by atoms with van der Waals surface area (Å²) in [5.41, 5.74) is 3.18. The van der Waals surface area contributed by atoms with Crippen molar-refractivity contribution in [2.24, 2.45) is 7.05 Å². The molecule has 2 aromatic heterocycles. The van der Waals surface area contributed by atoms with Gasteiger partial charge in [-0.05, 0) is 43.6 Å². The van der Waals surface area contributed by atoms with E-state index in [1.165, 1.54) is 18.1 Å². The van der Waals surface area contributed by atoms with E-state index < -0.39 is 6.04 Å². The number of benzene rings is 1. The van der Waals surface area contributed by atoms with Crippen molar-refractivity contribution in [2.75, 3.05) is 47.1 Å². The lowest BCUT2D eigenvalue weighted by Gasteiger charge is -2.50. The van der Waals surface area contributed by atoms with Gasteiger partial charge in [-0.3, -0.25) is 9.69 Å². The molecule has 3 aromatic rings. The second-order valence-corrected chi connectivity index (χ2v) is 10.3. The van der Waals surface area contributed by atoms with Crippen molar-refractivity contribution >= 4 is 28.1 Å². The summed E-state index contributed by atoms with van der Waals surface area (Å²) in [6.07, 6.45) is 3.73. The van der Waals surface area contributed by atoms with E-state index in [-0.39, 0.29) is 24.5 Å². The Hall–Kier alpha value is -2.46. The lowest BCUT2D eigenvalue weighted by molar-refractivity contribution is -0.141. The predicted molar refractivity (Wildman–Crippen MR) is 131 cm³/mol. The maximum Gasteiger partial charge on any atom is 0.249 e. The molecule has 1 saturated heterocycles. The lowest BCUT2D eigenvalue weighted by Crippen LogP contribution is -2.56. The second kappa shape index (κ2) is 9.30. The number of aliphatic hydroxyl groups excluding tert-OH is 1. The van der Waals surface area contributed by atoms with Gasteiger partial charge < -0.3 is 24.0 Å². The van der Waals surface area contributed by atoms with Crippen molar-refractivity contribution in [3.05, 3.63) is 46.0 Å². The van der Waals surface area contributed by atoms with Crippen LogP contribution in [0.5, 0.6) is 5.75 Å². The number of likely N-dealkylation sites (tertiary alicyclic amines) is 1. The fourth-order valence-corrected chi connectivity index (χ4v) is 6.55. The van der Waals surface area contributed by atoms with Crippen molar-refractivity contribution in [1.82, 2.24) is 19.4 Å². The number of carbonyl (C=O) groups is 1. The standard InChI is InChI=1S/C25H32N4O4S/c1-27-19-12-17(33-3)4-5-18(19)23-24(27)20(14-30)29(22(31)15-32-2)16-25(23)6-9-28(10-7-25)13-21-26-8-11-34-21/h4-5,8,11-12,20,30H,6-7,9-10,13-16H2,1-3H3/t20-/m1/s1. The Morgan fingerprint density at radius 2 is 2.09 bits per heavy atom. The third-order valence-electron chi connectivity index (χ3n) is 7.56. The van der Waals surface area contributed by atoms with E-state index >= 15 is 0 Å². The summed E-state index contributed by atoms with van der Waals surface area (Å²) in [5.74, 6) is 0.713. The molecule has 182 valence electrons. The number of rotatable bonds is 6. The number of fused-ring (bicyclic) bond motifs is 4. The summed E-state index contributed by atoms with van der Waals surface area (Å²) in [5, 5.41) is 14.8. The smallest absolute Gasteiger partial charge is 0.249 e. The van der Waals surface area contributed by atoms with Crippen LogP contribution in [0.15, 0.2) is 29.8 Å². The molecule has 1 atom stereocenters. The number of piperidine rings is 1. The van der Waals surface area contributed by atoms with Gasteiger partial charge in [0.2, 0.25) is 5.91 Å². The van der Waals surface area contributed by atoms with Crippen LogP contribution in [-0.4, -0.2) is 77.4 Å². The van der Waals surface area contributed by atoms with Crippen LogP contribution < -0.4 is 4.74 Å². The molecule has 0 bridgehead atoms. The SMILES string of the molecule is COCC(=O)N1CC2(CCN(Cc3nccs3)CC2)c2c(n(C)c3cc(OC)ccc23)[C@H]1CO. The molecule has 34 heavy (non-hydrogen) atoms. The second-order valence-electron chi connectivity index (χ2n) is 9.34. The molecule has 8 nitrogen and oxygen atoms in total. The number of hydrogen-bond donors (Lipinski definition) is 1. The lowest BCUT2D eigenvalue weighted by atomic mass is 9.68. The summed E-state index contributed by atoms with van der Waals surface area (Å²) < 4.78 is 12.8. The third kappa shape index (κ3) is 3.80. The van der Waals surface area contributed by atoms with Crippen LogP contribution in [0.3, 0.4) is 0 Å². The van der Waals surface area contributed by atoms with Crippen LogP contribution in [0.4, 0.5) is 0 Å². The van der Waals surface area contributed by atoms with Gasteiger partial charge in [-0.15, -0.1) is 11.3 Å². The van der Waals surface area contributed by atoms with Gasteiger partial charge in [0.15, 0.2) is 0 Å². The maximum absolute atomic E-state index is 13.1. The number of nitrogens with zero attached hydrogens (tertiary/aromatic N) is 4. The molecule has 2 aliphatic rings. The van der Waals surface area contributed by atoms with Gasteiger partial charge in [-0.2, -0.15) is 0 Å². The van der Waals surface area contributed by atoms with E-state index in [0.717, 1.165) is 54.4 Å². The number of methoxy groups -OCH3 is 2. The first-order valence-electron chi connectivity index (χ1n) is 11.7. The first-order chi connectivity index (χ1) is 16.5. The average molecular weight is 485 g/mol. The Morgan fingerprint density at radius 3 is 2.74 bits per heavy atom. The highest BCUT2D eigenvalue weighted by molar-refractivity contribution is 7.09. The fourth-order valence-electron chi connectivity index (χ4n) is 5.90. The summed E-state index contributed by atoms with van der Waals surface area (Å²) in [6, 6.07) is 5.79. The number of aliphatic hydroxyl groups is 1. The van der Waals surface area contributed by atoms with E-state index in [9.17, 15) is 9.90 Å². The molecule has 1 fully saturated rings. The van der Waals surface area contributed by atoms with E-state index in [1.807, 2.05) is 29.6 Å². The molecule has 0 saturated carbocycles. The minimum Gasteiger partial charge on any atom is -0.497 e. The van der Waals surface area contributed by atoms with Crippen LogP contribution >= 0.6 is 11.3 Å². The van der Waals surface area contributed by atoms with E-state index in [4.69, 9.17) is 9.47 Å². The van der Waals surface area contributed by atoms with E-state index in [0.29, 0.717) is 6.54 Å². The van der Waals surface area contributed by atoms with Gasteiger partial charge in [-0.1, -0.05) is 0 Å². The van der Waals surface area contributed by atoms with Gasteiger partial charge in [0.05, 0.1) is 31.8 Å². The monoisotopic (exact) mass is 484 g/mol. The zero-order valence-electron chi connectivity index (χ0n) is 20.0. The predicted octanol–water partition coefficient (Wildman–Crippen LogP) is 2.70. The number of ether oxygens (including phenoxy) is 2. The van der Waals surface area contributed by atoms with Crippen molar-refractivity contribution in [2.45, 2.75) is 30.8 Å². The van der Waals surface area contributed by atoms with Gasteiger partial charge in [-0.25, -0.2) is 4.98 Å². The molecule has 0 unspecified atom stereocenters. The zero-order chi connectivity index (χ0) is 23.9. The highest BCUT2D eigenvalue weighted by Gasteiger charge is 2.49. The molecule has 5 rings (SSSR count). The molecular weight excluding hydrogens is 452 g/mol. The largest absolute Gasteiger partial charge is 0.497 e. The first-order valence-corrected chi connectivity index (χ1v) is 12.6. The normalized spacial score (nSPS) is 20.1. The van der Waals surface area contributed by atoms with E-state index in [2.05, 4.69) is 26.6 Å². The highest BCUT2D eigenvalue weighted by Crippen LogP contribution is 2.50. The molecule has 4 heterocycles. The molecule has 1 N–H and O–H groups in total. The number of carbonyl (C=O) groups excluding carboxylic acids is 1. The van der Waals surface area contributed by atoms with E-state index in [1.54, 1.807) is 18.4 Å². The molecule has 1 aromatic carbocycles. The third-order valence-corrected chi connectivity index (χ3v) is 8.33. The Kier molecular flexibility index (Phi) is 6.37. The van der Waals surface area contributed by atoms with Crippen molar-refractivity contribution in [3.63, 3.8) is 0 Å². The number of thiazole rings is 1. The van der Waals surface area contributed by atoms with Crippen molar-refractivity contribution in [1.29, 1.82) is 0 Å². The van der Waals surface area contributed by atoms with Crippen LogP contribution in [0.1, 0.15) is 35.1 Å². The topological polar surface area (TPSA) is 80.1 Å². The highest BCUT2D eigenvalue weighted by atomic mass is 32.1. The summed E-state index contributed by atoms with van der Waals surface area (Å²) >= 11 is 1.69. The minimum absolute atomic E-state index is 0.00977. The Morgan fingerprint density at radius 1 is 1.29 bits per heavy atom. The van der Waals surface area contributed by atoms with Gasteiger partial charge in [0, 0.05) is 54.8 Å². The molecule has 0 aliphatic carbocycles. The van der Waals surface area contributed by atoms with Gasteiger partial charge >= 0.3 is 0 Å². The van der Waals surface area contributed by atoms with Crippen LogP contribution in [-0.2, 0) is 28.5 Å².